The van der Waals surface area contributed by atoms with E-state index >= 15 is 0 Å². The highest BCUT2D eigenvalue weighted by Gasteiger charge is 2.32. The van der Waals surface area contributed by atoms with Crippen LogP contribution < -0.4 is 20.1 Å². The van der Waals surface area contributed by atoms with Gasteiger partial charge in [-0.05, 0) is 31.7 Å². The number of anilines is 2. The van der Waals surface area contributed by atoms with Crippen LogP contribution in [0.3, 0.4) is 0 Å². The molecule has 204 valence electrons. The van der Waals surface area contributed by atoms with Crippen molar-refractivity contribution in [3.8, 4) is 5.88 Å². The van der Waals surface area contributed by atoms with E-state index in [0.29, 0.717) is 68.7 Å². The summed E-state index contributed by atoms with van der Waals surface area (Å²) in [6, 6.07) is 3.16. The molecule has 11 nitrogen and oxygen atoms in total. The zero-order valence-corrected chi connectivity index (χ0v) is 21.0. The molecule has 0 atom stereocenters. The Labute approximate surface area is 216 Å². The van der Waals surface area contributed by atoms with Gasteiger partial charge in [0, 0.05) is 43.8 Å². The first-order valence-electron chi connectivity index (χ1n) is 12.0. The molecule has 0 radical (unpaired) electrons. The van der Waals surface area contributed by atoms with Crippen LogP contribution in [0.15, 0.2) is 35.6 Å². The van der Waals surface area contributed by atoms with E-state index in [1.807, 2.05) is 0 Å². The van der Waals surface area contributed by atoms with Crippen LogP contribution in [0.5, 0.6) is 5.88 Å². The van der Waals surface area contributed by atoms with E-state index in [-0.39, 0.29) is 28.9 Å². The Kier molecular flexibility index (Phi) is 7.24. The summed E-state index contributed by atoms with van der Waals surface area (Å²) < 4.78 is 73.8. The number of pyridine rings is 2. The molecule has 5 rings (SSSR count). The van der Waals surface area contributed by atoms with Gasteiger partial charge in [-0.3, -0.25) is 4.98 Å². The van der Waals surface area contributed by atoms with Crippen molar-refractivity contribution in [2.24, 2.45) is 5.14 Å². The van der Waals surface area contributed by atoms with E-state index in [1.54, 1.807) is 6.07 Å². The fourth-order valence-electron chi connectivity index (χ4n) is 4.48. The van der Waals surface area contributed by atoms with Gasteiger partial charge in [-0.25, -0.2) is 23.5 Å². The minimum Gasteiger partial charge on any atom is -0.474 e. The van der Waals surface area contributed by atoms with E-state index in [1.165, 1.54) is 12.3 Å². The maximum Gasteiger partial charge on any atom is 0.419 e. The number of hydrogen-bond donors (Lipinski definition) is 2. The summed E-state index contributed by atoms with van der Waals surface area (Å²) in [7, 11) is -3.98. The SMILES string of the molecule is NS(=O)(=O)c1cnc2cc(N3CCOCC3)nc(OC3CCC(Nc4ncc(C(F)(F)F)cn4)CC3)c2c1. The van der Waals surface area contributed by atoms with Crippen LogP contribution in [-0.4, -0.2) is 66.8 Å². The number of nitrogens with zero attached hydrogens (tertiary/aromatic N) is 5. The third-order valence-electron chi connectivity index (χ3n) is 6.53. The molecule has 1 saturated heterocycles. The summed E-state index contributed by atoms with van der Waals surface area (Å²) in [6.45, 7) is 2.42. The first kappa shape index (κ1) is 26.3. The molecule has 1 aliphatic carbocycles. The number of nitrogens with one attached hydrogen (secondary N) is 1. The van der Waals surface area contributed by atoms with Crippen molar-refractivity contribution >= 4 is 32.7 Å². The number of sulfonamides is 1. The molecule has 2 fully saturated rings. The summed E-state index contributed by atoms with van der Waals surface area (Å²) in [5.41, 5.74) is -0.377. The number of aromatic nitrogens is 4. The summed E-state index contributed by atoms with van der Waals surface area (Å²) in [5, 5.41) is 8.83. The maximum absolute atomic E-state index is 12.7. The summed E-state index contributed by atoms with van der Waals surface area (Å²) in [4.78, 5) is 18.5. The highest BCUT2D eigenvalue weighted by molar-refractivity contribution is 7.89. The molecular weight excluding hydrogens is 527 g/mol. The van der Waals surface area contributed by atoms with E-state index in [0.717, 1.165) is 12.4 Å². The maximum atomic E-state index is 12.7. The number of ether oxygens (including phenoxy) is 2. The molecule has 15 heteroatoms. The Morgan fingerprint density at radius 2 is 1.71 bits per heavy atom. The normalized spacial score (nSPS) is 20.9. The summed E-state index contributed by atoms with van der Waals surface area (Å²) in [5.74, 6) is 1.06. The standard InChI is InChI=1S/C23H26F3N7O4S/c24-23(25,26)14-11-29-22(30-12-14)31-15-1-3-16(4-2-15)37-21-18-9-17(38(27,34)35)13-28-19(18)10-20(32-21)33-5-7-36-8-6-33/h9-13,15-16H,1-8H2,(H2,27,34,35)(H,29,30,31). The van der Waals surface area contributed by atoms with Gasteiger partial charge in [-0.15, -0.1) is 0 Å². The van der Waals surface area contributed by atoms with E-state index < -0.39 is 21.8 Å². The molecule has 2 aliphatic rings. The fourth-order valence-corrected chi connectivity index (χ4v) is 4.96. The molecule has 1 aliphatic heterocycles. The van der Waals surface area contributed by atoms with Gasteiger partial charge in [-0.2, -0.15) is 18.2 Å². The summed E-state index contributed by atoms with van der Waals surface area (Å²) >= 11 is 0. The molecule has 1 saturated carbocycles. The Morgan fingerprint density at radius 3 is 2.34 bits per heavy atom. The third kappa shape index (κ3) is 6.05. The number of nitrogens with two attached hydrogens (primary N) is 1. The van der Waals surface area contributed by atoms with Crippen molar-refractivity contribution in [1.29, 1.82) is 0 Å². The van der Waals surface area contributed by atoms with Gasteiger partial charge in [0.25, 0.3) is 0 Å². The minimum atomic E-state index is -4.49. The lowest BCUT2D eigenvalue weighted by atomic mass is 9.93. The molecule has 0 spiro atoms. The molecule has 0 aromatic carbocycles. The monoisotopic (exact) mass is 553 g/mol. The zero-order chi connectivity index (χ0) is 26.9. The van der Waals surface area contributed by atoms with Crippen LogP contribution in [0, 0.1) is 0 Å². The molecule has 0 amide bonds. The Hall–Kier alpha value is -3.30. The zero-order valence-electron chi connectivity index (χ0n) is 20.2. The van der Waals surface area contributed by atoms with Gasteiger partial charge >= 0.3 is 6.18 Å². The molecule has 4 heterocycles. The molecule has 0 bridgehead atoms. The van der Waals surface area contributed by atoms with Gasteiger partial charge < -0.3 is 19.7 Å². The van der Waals surface area contributed by atoms with Gasteiger partial charge in [0.2, 0.25) is 21.9 Å². The first-order chi connectivity index (χ1) is 18.1. The predicted octanol–water partition coefficient (Wildman–Crippen LogP) is 2.72. The average molecular weight is 554 g/mol. The van der Waals surface area contributed by atoms with Gasteiger partial charge in [0.05, 0.1) is 29.7 Å². The van der Waals surface area contributed by atoms with Crippen molar-refractivity contribution < 1.29 is 31.1 Å². The largest absolute Gasteiger partial charge is 0.474 e. The molecule has 0 unspecified atom stereocenters. The molecule has 3 N–H and O–H groups in total. The van der Waals surface area contributed by atoms with Crippen molar-refractivity contribution in [3.63, 3.8) is 0 Å². The van der Waals surface area contributed by atoms with Gasteiger partial charge in [0.1, 0.15) is 16.8 Å². The number of morpholine rings is 1. The minimum absolute atomic E-state index is 0.0355. The van der Waals surface area contributed by atoms with Crippen LogP contribution >= 0.6 is 0 Å². The van der Waals surface area contributed by atoms with Crippen molar-refractivity contribution in [1.82, 2.24) is 19.9 Å². The van der Waals surface area contributed by atoms with Crippen LogP contribution in [0.4, 0.5) is 24.9 Å². The second kappa shape index (κ2) is 10.5. The fraction of sp³-hybridized carbons (Fsp3) is 0.478. The average Bonchev–Trinajstić information content (AvgIpc) is 2.89. The number of alkyl halides is 3. The van der Waals surface area contributed by atoms with Crippen LogP contribution in [0.2, 0.25) is 0 Å². The van der Waals surface area contributed by atoms with E-state index in [2.05, 4.69) is 25.2 Å². The smallest absolute Gasteiger partial charge is 0.419 e. The predicted molar refractivity (Wildman–Crippen MR) is 131 cm³/mol. The third-order valence-corrected chi connectivity index (χ3v) is 7.41. The second-order valence-corrected chi connectivity index (χ2v) is 10.8. The Balaban J connectivity index is 1.31. The van der Waals surface area contributed by atoms with Gasteiger partial charge in [-0.1, -0.05) is 0 Å². The molecule has 3 aromatic rings. The Bertz CT molecular complexity index is 1390. The molecule has 38 heavy (non-hydrogen) atoms. The summed E-state index contributed by atoms with van der Waals surface area (Å²) in [6.07, 6.45) is 0.610. The number of fused-ring (bicyclic) bond motifs is 1. The highest BCUT2D eigenvalue weighted by atomic mass is 32.2. The van der Waals surface area contributed by atoms with Crippen molar-refractivity contribution in [2.75, 3.05) is 36.5 Å². The van der Waals surface area contributed by atoms with Crippen molar-refractivity contribution in [3.05, 3.63) is 36.3 Å². The lowest BCUT2D eigenvalue weighted by molar-refractivity contribution is -0.138. The molecule has 3 aromatic heterocycles. The van der Waals surface area contributed by atoms with E-state index in [9.17, 15) is 21.6 Å². The number of halogens is 3. The van der Waals surface area contributed by atoms with Crippen LogP contribution in [-0.2, 0) is 20.9 Å². The number of rotatable bonds is 6. The quantitative estimate of drug-likeness (QED) is 0.467. The molecular formula is C23H26F3N7O4S. The van der Waals surface area contributed by atoms with Crippen molar-refractivity contribution in [2.45, 2.75) is 48.9 Å². The lowest BCUT2D eigenvalue weighted by Gasteiger charge is -2.31. The number of hydrogen-bond acceptors (Lipinski definition) is 10. The lowest BCUT2D eigenvalue weighted by Crippen LogP contribution is -2.37. The number of primary sulfonamides is 1. The first-order valence-corrected chi connectivity index (χ1v) is 13.6. The van der Waals surface area contributed by atoms with Gasteiger partial charge in [0.15, 0.2) is 0 Å². The second-order valence-electron chi connectivity index (χ2n) is 9.20. The van der Waals surface area contributed by atoms with Crippen LogP contribution in [0.1, 0.15) is 31.2 Å². The van der Waals surface area contributed by atoms with Crippen LogP contribution in [0.25, 0.3) is 10.9 Å². The van der Waals surface area contributed by atoms with E-state index in [4.69, 9.17) is 19.6 Å². The Morgan fingerprint density at radius 1 is 1.03 bits per heavy atom. The topological polar surface area (TPSA) is 145 Å². The highest BCUT2D eigenvalue weighted by Crippen LogP contribution is 2.33.